The Balaban J connectivity index is 1.66. The fourth-order valence-electron chi connectivity index (χ4n) is 2.59. The van der Waals surface area contributed by atoms with Crippen LogP contribution in [0.15, 0.2) is 18.2 Å². The second-order valence-corrected chi connectivity index (χ2v) is 6.30. The minimum Gasteiger partial charge on any atom is -0.478 e. The summed E-state index contributed by atoms with van der Waals surface area (Å²) < 4.78 is 0. The number of amides is 2. The number of aromatic carboxylic acids is 1. The van der Waals surface area contributed by atoms with Gasteiger partial charge in [0.2, 0.25) is 0 Å². The number of thioether (sulfide) groups is 1. The van der Waals surface area contributed by atoms with Crippen LogP contribution < -0.4 is 5.32 Å². The number of benzene rings is 1. The molecule has 2 amide bonds. The van der Waals surface area contributed by atoms with Gasteiger partial charge in [0.1, 0.15) is 0 Å². The zero-order valence-corrected chi connectivity index (χ0v) is 11.8. The van der Waals surface area contributed by atoms with Gasteiger partial charge in [0, 0.05) is 24.9 Å². The van der Waals surface area contributed by atoms with Crippen molar-refractivity contribution in [3.8, 4) is 0 Å². The fraction of sp³-hybridized carbons (Fsp3) is 0.429. The quantitative estimate of drug-likeness (QED) is 0.873. The summed E-state index contributed by atoms with van der Waals surface area (Å²) in [5.41, 5.74) is 2.24. The van der Waals surface area contributed by atoms with Crippen molar-refractivity contribution in [3.63, 3.8) is 0 Å². The van der Waals surface area contributed by atoms with Crippen molar-refractivity contribution in [3.05, 3.63) is 34.9 Å². The van der Waals surface area contributed by atoms with E-state index < -0.39 is 5.97 Å². The van der Waals surface area contributed by atoms with Crippen LogP contribution in [-0.4, -0.2) is 39.6 Å². The second-order valence-electron chi connectivity index (χ2n) is 5.15. The van der Waals surface area contributed by atoms with E-state index >= 15 is 0 Å². The average molecular weight is 292 g/mol. The van der Waals surface area contributed by atoms with E-state index in [9.17, 15) is 9.59 Å². The van der Waals surface area contributed by atoms with Crippen molar-refractivity contribution in [2.75, 3.05) is 11.5 Å². The summed E-state index contributed by atoms with van der Waals surface area (Å²) in [7, 11) is 0. The third kappa shape index (κ3) is 2.60. The molecule has 0 aliphatic carbocycles. The number of nitrogens with zero attached hydrogens (tertiary/aromatic N) is 1. The number of fused-ring (bicyclic) bond motifs is 1. The lowest BCUT2D eigenvalue weighted by Gasteiger charge is -2.19. The SMILES string of the molecule is O=C(O)c1ccc2c(c1)CN(C(=O)NC1CCSC1)C2. The van der Waals surface area contributed by atoms with E-state index in [-0.39, 0.29) is 17.6 Å². The Morgan fingerprint density at radius 3 is 2.80 bits per heavy atom. The van der Waals surface area contributed by atoms with Crippen LogP contribution in [0.1, 0.15) is 27.9 Å². The largest absolute Gasteiger partial charge is 0.478 e. The molecule has 5 nitrogen and oxygen atoms in total. The first-order valence-electron chi connectivity index (χ1n) is 6.62. The van der Waals surface area contributed by atoms with Crippen LogP contribution in [-0.2, 0) is 13.1 Å². The van der Waals surface area contributed by atoms with Crippen LogP contribution in [0.3, 0.4) is 0 Å². The van der Waals surface area contributed by atoms with Gasteiger partial charge < -0.3 is 15.3 Å². The highest BCUT2D eigenvalue weighted by Gasteiger charge is 2.26. The molecule has 2 aliphatic heterocycles. The number of hydrogen-bond acceptors (Lipinski definition) is 3. The number of rotatable bonds is 2. The summed E-state index contributed by atoms with van der Waals surface area (Å²) in [6.45, 7) is 1.04. The third-order valence-corrected chi connectivity index (χ3v) is 4.88. The first kappa shape index (κ1) is 13.3. The van der Waals surface area contributed by atoms with Gasteiger partial charge in [0.05, 0.1) is 5.56 Å². The minimum atomic E-state index is -0.932. The van der Waals surface area contributed by atoms with Gasteiger partial charge in [-0.05, 0) is 35.4 Å². The number of urea groups is 1. The lowest BCUT2D eigenvalue weighted by molar-refractivity contribution is 0.0696. The summed E-state index contributed by atoms with van der Waals surface area (Å²) in [5, 5.41) is 12.0. The summed E-state index contributed by atoms with van der Waals surface area (Å²) in [6, 6.07) is 5.28. The highest BCUT2D eigenvalue weighted by Crippen LogP contribution is 2.24. The standard InChI is InChI=1S/C14H16N2O3S/c17-13(18)9-1-2-10-6-16(7-11(10)5-9)14(19)15-12-3-4-20-8-12/h1-2,5,12H,3-4,6-8H2,(H,15,19)(H,17,18). The maximum absolute atomic E-state index is 12.2. The van der Waals surface area contributed by atoms with Gasteiger partial charge in [-0.25, -0.2) is 9.59 Å². The molecule has 2 N–H and O–H groups in total. The van der Waals surface area contributed by atoms with Gasteiger partial charge in [-0.1, -0.05) is 6.07 Å². The lowest BCUT2D eigenvalue weighted by atomic mass is 10.1. The van der Waals surface area contributed by atoms with E-state index in [0.29, 0.717) is 13.1 Å². The van der Waals surface area contributed by atoms with Gasteiger partial charge in [-0.3, -0.25) is 0 Å². The van der Waals surface area contributed by atoms with Gasteiger partial charge in [0.25, 0.3) is 0 Å². The normalized spacial score (nSPS) is 20.8. The molecule has 1 aromatic carbocycles. The van der Waals surface area contributed by atoms with E-state index in [1.807, 2.05) is 11.8 Å². The Hall–Kier alpha value is -1.69. The number of hydrogen-bond donors (Lipinski definition) is 2. The molecule has 3 rings (SSSR count). The van der Waals surface area contributed by atoms with Crippen LogP contribution >= 0.6 is 11.8 Å². The first-order chi connectivity index (χ1) is 9.63. The van der Waals surface area contributed by atoms with Crippen molar-refractivity contribution in [1.82, 2.24) is 10.2 Å². The predicted octanol–water partition coefficient (Wildman–Crippen LogP) is 1.92. The Bertz CT molecular complexity index is 555. The number of carboxylic acids is 1. The number of nitrogens with one attached hydrogen (secondary N) is 1. The van der Waals surface area contributed by atoms with Gasteiger partial charge in [-0.15, -0.1) is 0 Å². The lowest BCUT2D eigenvalue weighted by Crippen LogP contribution is -2.42. The summed E-state index contributed by atoms with van der Waals surface area (Å²) in [4.78, 5) is 24.9. The van der Waals surface area contributed by atoms with Crippen molar-refractivity contribution in [1.29, 1.82) is 0 Å². The monoisotopic (exact) mass is 292 g/mol. The fourth-order valence-corrected chi connectivity index (χ4v) is 3.74. The van der Waals surface area contributed by atoms with Gasteiger partial charge in [0.15, 0.2) is 0 Å². The zero-order chi connectivity index (χ0) is 14.1. The second kappa shape index (κ2) is 5.36. The molecule has 0 radical (unpaired) electrons. The summed E-state index contributed by atoms with van der Waals surface area (Å²) in [6.07, 6.45) is 1.03. The summed E-state index contributed by atoms with van der Waals surface area (Å²) in [5.74, 6) is 1.15. The topological polar surface area (TPSA) is 69.6 Å². The molecule has 0 bridgehead atoms. The molecular weight excluding hydrogens is 276 g/mol. The third-order valence-electron chi connectivity index (χ3n) is 3.72. The van der Waals surface area contributed by atoms with Crippen LogP contribution in [0, 0.1) is 0 Å². The molecule has 2 heterocycles. The molecule has 2 aliphatic rings. The zero-order valence-electron chi connectivity index (χ0n) is 11.0. The van der Waals surface area contributed by atoms with E-state index in [2.05, 4.69) is 5.32 Å². The Kier molecular flexibility index (Phi) is 3.56. The molecule has 1 aromatic rings. The smallest absolute Gasteiger partial charge is 0.335 e. The van der Waals surface area contributed by atoms with E-state index in [4.69, 9.17) is 5.11 Å². The molecule has 6 heteroatoms. The molecule has 1 atom stereocenters. The van der Waals surface area contributed by atoms with Gasteiger partial charge in [-0.2, -0.15) is 11.8 Å². The van der Waals surface area contributed by atoms with E-state index in [1.165, 1.54) is 0 Å². The number of carbonyl (C=O) groups excluding carboxylic acids is 1. The minimum absolute atomic E-state index is 0.0504. The molecule has 1 unspecified atom stereocenters. The average Bonchev–Trinajstić information content (AvgIpc) is 3.05. The highest BCUT2D eigenvalue weighted by atomic mass is 32.2. The molecule has 0 spiro atoms. The molecular formula is C14H16N2O3S. The van der Waals surface area contributed by atoms with Crippen LogP contribution in [0.25, 0.3) is 0 Å². The first-order valence-corrected chi connectivity index (χ1v) is 7.77. The maximum atomic E-state index is 12.2. The number of carboxylic acid groups (broad SMARTS) is 1. The maximum Gasteiger partial charge on any atom is 0.335 e. The highest BCUT2D eigenvalue weighted by molar-refractivity contribution is 7.99. The molecule has 106 valence electrons. The van der Waals surface area contributed by atoms with Crippen molar-refractivity contribution >= 4 is 23.8 Å². The van der Waals surface area contributed by atoms with Crippen molar-refractivity contribution < 1.29 is 14.7 Å². The predicted molar refractivity (Wildman–Crippen MR) is 76.9 cm³/mol. The summed E-state index contributed by atoms with van der Waals surface area (Å²) >= 11 is 1.86. The van der Waals surface area contributed by atoms with Crippen LogP contribution in [0.4, 0.5) is 4.79 Å². The Morgan fingerprint density at radius 1 is 1.30 bits per heavy atom. The Labute approximate surface area is 121 Å². The van der Waals surface area contributed by atoms with E-state index in [1.54, 1.807) is 23.1 Å². The van der Waals surface area contributed by atoms with Crippen LogP contribution in [0.2, 0.25) is 0 Å². The van der Waals surface area contributed by atoms with Crippen LogP contribution in [0.5, 0.6) is 0 Å². The Morgan fingerprint density at radius 2 is 2.10 bits per heavy atom. The van der Waals surface area contributed by atoms with Crippen molar-refractivity contribution in [2.24, 2.45) is 0 Å². The molecule has 1 fully saturated rings. The van der Waals surface area contributed by atoms with E-state index in [0.717, 1.165) is 29.1 Å². The van der Waals surface area contributed by atoms with Gasteiger partial charge >= 0.3 is 12.0 Å². The molecule has 20 heavy (non-hydrogen) atoms. The molecule has 1 saturated heterocycles. The molecule has 0 saturated carbocycles. The number of carbonyl (C=O) groups is 2. The molecule has 0 aromatic heterocycles. The van der Waals surface area contributed by atoms with Crippen molar-refractivity contribution in [2.45, 2.75) is 25.6 Å².